The number of nitro benzene ring substituents is 2. The molecule has 0 radical (unpaired) electrons. The van der Waals surface area contributed by atoms with Gasteiger partial charge in [0.05, 0.1) is 31.8 Å². The van der Waals surface area contributed by atoms with Crippen LogP contribution in [0, 0.1) is 40.5 Å². The van der Waals surface area contributed by atoms with Gasteiger partial charge in [-0.2, -0.15) is 0 Å². The third kappa shape index (κ3) is 4.70. The van der Waals surface area contributed by atoms with Crippen LogP contribution >= 0.6 is 0 Å². The van der Waals surface area contributed by atoms with Gasteiger partial charge in [0.2, 0.25) is 5.91 Å². The van der Waals surface area contributed by atoms with E-state index in [0.29, 0.717) is 38.1 Å². The fourth-order valence-corrected chi connectivity index (χ4v) is 3.66. The van der Waals surface area contributed by atoms with E-state index in [1.807, 2.05) is 0 Å². The molecule has 0 saturated carbocycles. The van der Waals surface area contributed by atoms with E-state index in [0.717, 1.165) is 24.8 Å². The highest BCUT2D eigenvalue weighted by Gasteiger charge is 2.40. The Labute approximate surface area is 184 Å². The third-order valence-corrected chi connectivity index (χ3v) is 5.21. The molecule has 1 atom stereocenters. The Morgan fingerprint density at radius 3 is 1.94 bits per heavy atom. The summed E-state index contributed by atoms with van der Waals surface area (Å²) in [7, 11) is 0. The number of aromatic nitrogens is 1. The second-order valence-corrected chi connectivity index (χ2v) is 7.19. The van der Waals surface area contributed by atoms with Crippen LogP contribution in [0.2, 0.25) is 0 Å². The second-order valence-electron chi connectivity index (χ2n) is 7.19. The van der Waals surface area contributed by atoms with Crippen LogP contribution in [0.15, 0.2) is 30.5 Å². The summed E-state index contributed by atoms with van der Waals surface area (Å²) in [4.78, 5) is 60.5. The van der Waals surface area contributed by atoms with Gasteiger partial charge in [0.25, 0.3) is 22.7 Å². The summed E-state index contributed by atoms with van der Waals surface area (Å²) in [6.07, 6.45) is 2.87. The van der Waals surface area contributed by atoms with E-state index in [-0.39, 0.29) is 5.56 Å². The Balaban J connectivity index is 2.28. The summed E-state index contributed by atoms with van der Waals surface area (Å²) in [6.45, 7) is 0.605. The number of carbonyl (C=O) groups excluding carboxylic acids is 1. The number of nitrogens with zero attached hydrogens (tertiary/aromatic N) is 6. The molecule has 1 unspecified atom stereocenters. The number of non-ortho nitro benzene ring substituents is 1. The smallest absolute Gasteiger partial charge is 0.298 e. The number of hydrogen-bond donors (Lipinski definition) is 0. The molecule has 1 aromatic heterocycles. The van der Waals surface area contributed by atoms with Gasteiger partial charge in [-0.3, -0.25) is 45.3 Å². The van der Waals surface area contributed by atoms with E-state index < -0.39 is 60.0 Å². The van der Waals surface area contributed by atoms with Crippen LogP contribution < -0.4 is 0 Å². The highest BCUT2D eigenvalue weighted by molar-refractivity contribution is 5.89. The molecule has 33 heavy (non-hydrogen) atoms. The van der Waals surface area contributed by atoms with Crippen LogP contribution in [0.3, 0.4) is 0 Å². The SMILES string of the molecule is O=C(C(c1ccc([N+](=O)[O-])cc1[N+](=O)[O-])c1ncc([N+](=O)[O-])cc1[N+](=O)[O-])N1CCCCC1. The fourth-order valence-electron chi connectivity index (χ4n) is 3.66. The average molecular weight is 460 g/mol. The lowest BCUT2D eigenvalue weighted by atomic mass is 9.90. The maximum absolute atomic E-state index is 13.5. The van der Waals surface area contributed by atoms with Crippen LogP contribution in [0.1, 0.15) is 36.4 Å². The number of likely N-dealkylation sites (tertiary alicyclic amines) is 1. The van der Waals surface area contributed by atoms with Gasteiger partial charge in [-0.05, 0) is 25.3 Å². The van der Waals surface area contributed by atoms with E-state index >= 15 is 0 Å². The topological polar surface area (TPSA) is 206 Å². The summed E-state index contributed by atoms with van der Waals surface area (Å²) in [5, 5.41) is 45.6. The summed E-state index contributed by atoms with van der Waals surface area (Å²) in [5.41, 5.74) is -3.85. The first-order chi connectivity index (χ1) is 15.6. The highest BCUT2D eigenvalue weighted by Crippen LogP contribution is 2.39. The minimum Gasteiger partial charge on any atom is -0.342 e. The molecule has 0 spiro atoms. The number of benzene rings is 1. The van der Waals surface area contributed by atoms with Crippen molar-refractivity contribution < 1.29 is 24.5 Å². The number of amides is 1. The summed E-state index contributed by atoms with van der Waals surface area (Å²) >= 11 is 0. The molecule has 1 aliphatic rings. The lowest BCUT2D eigenvalue weighted by Crippen LogP contribution is -2.39. The first-order valence-electron chi connectivity index (χ1n) is 9.62. The number of hydrogen-bond acceptors (Lipinski definition) is 10. The number of rotatable bonds is 7. The molecule has 0 bridgehead atoms. The van der Waals surface area contributed by atoms with Crippen molar-refractivity contribution in [1.29, 1.82) is 0 Å². The van der Waals surface area contributed by atoms with Crippen molar-refractivity contribution in [3.63, 3.8) is 0 Å². The van der Waals surface area contributed by atoms with Crippen molar-refractivity contribution in [2.75, 3.05) is 13.1 Å². The Morgan fingerprint density at radius 2 is 1.39 bits per heavy atom. The first-order valence-corrected chi connectivity index (χ1v) is 9.62. The largest absolute Gasteiger partial charge is 0.342 e. The quantitative estimate of drug-likeness (QED) is 0.436. The number of carbonyl (C=O) groups is 1. The van der Waals surface area contributed by atoms with E-state index in [1.54, 1.807) is 0 Å². The monoisotopic (exact) mass is 460 g/mol. The third-order valence-electron chi connectivity index (χ3n) is 5.21. The zero-order valence-corrected chi connectivity index (χ0v) is 16.9. The van der Waals surface area contributed by atoms with Gasteiger partial charge < -0.3 is 4.90 Å². The lowest BCUT2D eigenvalue weighted by molar-refractivity contribution is -0.395. The van der Waals surface area contributed by atoms with E-state index in [1.165, 1.54) is 4.90 Å². The van der Waals surface area contributed by atoms with Crippen molar-refractivity contribution in [3.05, 3.63) is 82.2 Å². The Bertz CT molecular complexity index is 1090. The van der Waals surface area contributed by atoms with Crippen molar-refractivity contribution in [3.8, 4) is 0 Å². The Morgan fingerprint density at radius 1 is 0.818 bits per heavy atom. The van der Waals surface area contributed by atoms with Crippen molar-refractivity contribution in [2.24, 2.45) is 0 Å². The average Bonchev–Trinajstić information content (AvgIpc) is 2.79. The molecule has 2 aromatic rings. The molecule has 1 fully saturated rings. The van der Waals surface area contributed by atoms with E-state index in [2.05, 4.69) is 4.98 Å². The molecule has 2 heterocycles. The highest BCUT2D eigenvalue weighted by atomic mass is 16.6. The molecule has 1 saturated heterocycles. The molecule has 0 N–H and O–H groups in total. The minimum absolute atomic E-state index is 0.302. The number of pyridine rings is 1. The summed E-state index contributed by atoms with van der Waals surface area (Å²) < 4.78 is 0. The standard InChI is InChI=1S/C18H16N6O9/c25-18(20-6-2-1-3-7-20)16(13-5-4-11(21(26)27)8-14(13)23(30)31)17-15(24(32)33)9-12(10-19-17)22(28)29/h4-5,8-10,16H,1-3,6-7H2. The second kappa shape index (κ2) is 9.29. The molecule has 172 valence electrons. The van der Waals surface area contributed by atoms with Gasteiger partial charge in [-0.25, -0.2) is 4.98 Å². The molecule has 0 aliphatic carbocycles. The van der Waals surface area contributed by atoms with Crippen LogP contribution in [0.25, 0.3) is 0 Å². The van der Waals surface area contributed by atoms with Gasteiger partial charge in [0, 0.05) is 24.7 Å². The Hall–Kier alpha value is -4.56. The molecular weight excluding hydrogens is 444 g/mol. The molecule has 3 rings (SSSR count). The number of nitro groups is 4. The van der Waals surface area contributed by atoms with Crippen molar-refractivity contribution in [2.45, 2.75) is 25.2 Å². The van der Waals surface area contributed by atoms with Crippen LogP contribution in [-0.4, -0.2) is 48.6 Å². The molecule has 1 aliphatic heterocycles. The minimum atomic E-state index is -1.68. The lowest BCUT2D eigenvalue weighted by Gasteiger charge is -2.30. The molecular formula is C18H16N6O9. The van der Waals surface area contributed by atoms with Gasteiger partial charge in [0.1, 0.15) is 17.8 Å². The van der Waals surface area contributed by atoms with Crippen LogP contribution in [0.5, 0.6) is 0 Å². The molecule has 1 aromatic carbocycles. The summed E-state index contributed by atoms with van der Waals surface area (Å²) in [6, 6.07) is 3.20. The van der Waals surface area contributed by atoms with Gasteiger partial charge in [-0.15, -0.1) is 0 Å². The zero-order chi connectivity index (χ0) is 24.3. The van der Waals surface area contributed by atoms with E-state index in [4.69, 9.17) is 0 Å². The van der Waals surface area contributed by atoms with Crippen LogP contribution in [0.4, 0.5) is 22.7 Å². The Kier molecular flexibility index (Phi) is 6.51. The maximum atomic E-state index is 13.5. The zero-order valence-electron chi connectivity index (χ0n) is 16.9. The molecule has 15 heteroatoms. The predicted molar refractivity (Wildman–Crippen MR) is 110 cm³/mol. The molecule has 1 amide bonds. The van der Waals surface area contributed by atoms with Crippen molar-refractivity contribution >= 4 is 28.7 Å². The fraction of sp³-hybridized carbons (Fsp3) is 0.333. The predicted octanol–water partition coefficient (Wildman–Crippen LogP) is 2.86. The van der Waals surface area contributed by atoms with E-state index in [9.17, 15) is 45.3 Å². The first kappa shape index (κ1) is 23.1. The molecule has 15 nitrogen and oxygen atoms in total. The summed E-state index contributed by atoms with van der Waals surface area (Å²) in [5.74, 6) is -2.40. The van der Waals surface area contributed by atoms with Gasteiger partial charge in [0.15, 0.2) is 0 Å². The van der Waals surface area contributed by atoms with Gasteiger partial charge >= 0.3 is 0 Å². The van der Waals surface area contributed by atoms with Gasteiger partial charge in [-0.1, -0.05) is 0 Å². The normalized spacial score (nSPS) is 14.4. The maximum Gasteiger partial charge on any atom is 0.298 e. The number of piperidine rings is 1. The van der Waals surface area contributed by atoms with Crippen LogP contribution in [-0.2, 0) is 4.79 Å². The van der Waals surface area contributed by atoms with Crippen molar-refractivity contribution in [1.82, 2.24) is 9.88 Å².